The molecule has 0 spiro atoms. The van der Waals surface area contributed by atoms with Crippen LogP contribution in [0.2, 0.25) is 0 Å². The Balaban J connectivity index is 2.73. The highest BCUT2D eigenvalue weighted by atomic mass is 19.4. The second-order valence-electron chi connectivity index (χ2n) is 2.97. The van der Waals surface area contributed by atoms with Crippen LogP contribution >= 0.6 is 0 Å². The molecule has 0 unspecified atom stereocenters. The molecule has 1 aromatic carbocycles. The zero-order chi connectivity index (χ0) is 11.1. The van der Waals surface area contributed by atoms with Gasteiger partial charge in [-0.2, -0.15) is 18.4 Å². The van der Waals surface area contributed by atoms with Crippen molar-refractivity contribution in [2.24, 2.45) is 0 Å². The molecule has 0 N–H and O–H groups in total. The molecule has 2 rings (SSSR count). The predicted octanol–water partition coefficient (Wildman–Crippen LogP) is 3.32. The summed E-state index contributed by atoms with van der Waals surface area (Å²) in [6, 6.07) is 5.71. The number of benzene rings is 1. The number of hydrogen-bond donors (Lipinski definition) is 0. The van der Waals surface area contributed by atoms with Gasteiger partial charge in [0.2, 0.25) is 0 Å². The quantitative estimate of drug-likeness (QED) is 0.670. The largest absolute Gasteiger partial charge is 0.464 e. The van der Waals surface area contributed by atoms with Crippen LogP contribution in [0.5, 0.6) is 0 Å². The molecular formula is C10H4F3NO. The first-order chi connectivity index (χ1) is 7.02. The number of hydrogen-bond acceptors (Lipinski definition) is 2. The molecule has 76 valence electrons. The average molecular weight is 211 g/mol. The second kappa shape index (κ2) is 3.02. The van der Waals surface area contributed by atoms with E-state index >= 15 is 0 Å². The standard InChI is InChI=1S/C10H4F3NO/c11-10(12,13)8-5-15-9-2-1-6(4-14)3-7(8)9/h1-3,5H. The maximum Gasteiger partial charge on any atom is 0.420 e. The third-order valence-electron chi connectivity index (χ3n) is 2.01. The van der Waals surface area contributed by atoms with Crippen molar-refractivity contribution in [2.75, 3.05) is 0 Å². The van der Waals surface area contributed by atoms with Crippen LogP contribution in [-0.2, 0) is 6.18 Å². The Morgan fingerprint density at radius 3 is 2.60 bits per heavy atom. The molecule has 0 aliphatic rings. The summed E-state index contributed by atoms with van der Waals surface area (Å²) in [5.41, 5.74) is -0.551. The number of rotatable bonds is 0. The van der Waals surface area contributed by atoms with E-state index in [1.54, 1.807) is 6.07 Å². The third-order valence-corrected chi connectivity index (χ3v) is 2.01. The number of alkyl halides is 3. The lowest BCUT2D eigenvalue weighted by Gasteiger charge is -2.02. The first-order valence-corrected chi connectivity index (χ1v) is 4.01. The van der Waals surface area contributed by atoms with Gasteiger partial charge in [-0.25, -0.2) is 0 Å². The van der Waals surface area contributed by atoms with Crippen molar-refractivity contribution >= 4 is 11.0 Å². The number of furan rings is 1. The summed E-state index contributed by atoms with van der Waals surface area (Å²) < 4.78 is 42.1. The molecule has 0 aliphatic carbocycles. The van der Waals surface area contributed by atoms with E-state index in [1.165, 1.54) is 18.2 Å². The van der Waals surface area contributed by atoms with Gasteiger partial charge in [0.05, 0.1) is 11.6 Å². The summed E-state index contributed by atoms with van der Waals surface area (Å²) in [6.07, 6.45) is -3.80. The number of fused-ring (bicyclic) bond motifs is 1. The van der Waals surface area contributed by atoms with E-state index in [4.69, 9.17) is 9.68 Å². The Morgan fingerprint density at radius 2 is 2.00 bits per heavy atom. The van der Waals surface area contributed by atoms with E-state index in [0.717, 1.165) is 0 Å². The van der Waals surface area contributed by atoms with Gasteiger partial charge in [0, 0.05) is 5.39 Å². The fraction of sp³-hybridized carbons (Fsp3) is 0.100. The predicted molar refractivity (Wildman–Crippen MR) is 45.9 cm³/mol. The lowest BCUT2D eigenvalue weighted by molar-refractivity contribution is -0.136. The van der Waals surface area contributed by atoms with Crippen LogP contribution in [0.1, 0.15) is 11.1 Å². The van der Waals surface area contributed by atoms with E-state index in [2.05, 4.69) is 0 Å². The SMILES string of the molecule is N#Cc1ccc2occ(C(F)(F)F)c2c1. The highest BCUT2D eigenvalue weighted by molar-refractivity contribution is 5.82. The van der Waals surface area contributed by atoms with Gasteiger partial charge in [0.1, 0.15) is 17.4 Å². The Kier molecular flexibility index (Phi) is 1.93. The molecule has 2 nitrogen and oxygen atoms in total. The highest BCUT2D eigenvalue weighted by Gasteiger charge is 2.34. The summed E-state index contributed by atoms with van der Waals surface area (Å²) in [6.45, 7) is 0. The Morgan fingerprint density at radius 1 is 1.27 bits per heavy atom. The van der Waals surface area contributed by atoms with Gasteiger partial charge in [0.25, 0.3) is 0 Å². The van der Waals surface area contributed by atoms with Crippen molar-refractivity contribution < 1.29 is 17.6 Å². The Bertz CT molecular complexity index is 548. The van der Waals surface area contributed by atoms with Crippen LogP contribution in [0.15, 0.2) is 28.9 Å². The highest BCUT2D eigenvalue weighted by Crippen LogP contribution is 2.36. The molecule has 0 saturated heterocycles. The van der Waals surface area contributed by atoms with Crippen molar-refractivity contribution in [3.8, 4) is 6.07 Å². The van der Waals surface area contributed by atoms with E-state index in [0.29, 0.717) is 6.26 Å². The van der Waals surface area contributed by atoms with Crippen LogP contribution < -0.4 is 0 Å². The third kappa shape index (κ3) is 1.54. The molecule has 0 amide bonds. The molecule has 2 aromatic rings. The summed E-state index contributed by atoms with van der Waals surface area (Å²) in [5.74, 6) is 0. The van der Waals surface area contributed by atoms with E-state index in [-0.39, 0.29) is 16.5 Å². The molecular weight excluding hydrogens is 207 g/mol. The average Bonchev–Trinajstić information content (AvgIpc) is 2.59. The lowest BCUT2D eigenvalue weighted by atomic mass is 10.1. The minimum atomic E-state index is -4.46. The molecule has 5 heteroatoms. The fourth-order valence-electron chi connectivity index (χ4n) is 1.32. The summed E-state index contributed by atoms with van der Waals surface area (Å²) in [4.78, 5) is 0. The van der Waals surface area contributed by atoms with Crippen LogP contribution in [0.3, 0.4) is 0 Å². The molecule has 0 fully saturated rings. The molecule has 0 bridgehead atoms. The van der Waals surface area contributed by atoms with Gasteiger partial charge >= 0.3 is 6.18 Å². The van der Waals surface area contributed by atoms with Crippen LogP contribution in [0.4, 0.5) is 13.2 Å². The van der Waals surface area contributed by atoms with Crippen molar-refractivity contribution in [2.45, 2.75) is 6.18 Å². The Labute approximate surface area is 82.5 Å². The van der Waals surface area contributed by atoms with Gasteiger partial charge in [-0.3, -0.25) is 0 Å². The molecule has 1 aromatic heterocycles. The van der Waals surface area contributed by atoms with Crippen LogP contribution in [0.25, 0.3) is 11.0 Å². The number of halogens is 3. The van der Waals surface area contributed by atoms with E-state index < -0.39 is 11.7 Å². The van der Waals surface area contributed by atoms with E-state index in [1.807, 2.05) is 0 Å². The zero-order valence-electron chi connectivity index (χ0n) is 7.30. The number of nitriles is 1. The van der Waals surface area contributed by atoms with Gasteiger partial charge in [-0.15, -0.1) is 0 Å². The summed E-state index contributed by atoms with van der Waals surface area (Å²) in [5, 5.41) is 8.48. The monoisotopic (exact) mass is 211 g/mol. The molecule has 15 heavy (non-hydrogen) atoms. The minimum Gasteiger partial charge on any atom is -0.464 e. The molecule has 1 heterocycles. The normalized spacial score (nSPS) is 11.6. The molecule has 0 atom stereocenters. The van der Waals surface area contributed by atoms with Crippen molar-refractivity contribution in [1.29, 1.82) is 5.26 Å². The second-order valence-corrected chi connectivity index (χ2v) is 2.97. The Hall–Kier alpha value is -1.96. The lowest BCUT2D eigenvalue weighted by Crippen LogP contribution is -2.03. The van der Waals surface area contributed by atoms with Crippen molar-refractivity contribution in [1.82, 2.24) is 0 Å². The maximum absolute atomic E-state index is 12.4. The molecule has 0 aliphatic heterocycles. The molecule has 0 radical (unpaired) electrons. The topological polar surface area (TPSA) is 36.9 Å². The minimum absolute atomic E-state index is 0.0819. The van der Waals surface area contributed by atoms with Gasteiger partial charge in [-0.05, 0) is 18.2 Å². The fourth-order valence-corrected chi connectivity index (χ4v) is 1.32. The van der Waals surface area contributed by atoms with E-state index in [9.17, 15) is 13.2 Å². The first-order valence-electron chi connectivity index (χ1n) is 4.01. The van der Waals surface area contributed by atoms with Crippen LogP contribution in [-0.4, -0.2) is 0 Å². The van der Waals surface area contributed by atoms with Gasteiger partial charge in [0.15, 0.2) is 0 Å². The smallest absolute Gasteiger partial charge is 0.420 e. The van der Waals surface area contributed by atoms with Gasteiger partial charge < -0.3 is 4.42 Å². The summed E-state index contributed by atoms with van der Waals surface area (Å²) >= 11 is 0. The molecule has 0 saturated carbocycles. The van der Waals surface area contributed by atoms with Gasteiger partial charge in [-0.1, -0.05) is 0 Å². The maximum atomic E-state index is 12.4. The van der Waals surface area contributed by atoms with Crippen LogP contribution in [0, 0.1) is 11.3 Å². The summed E-state index contributed by atoms with van der Waals surface area (Å²) in [7, 11) is 0. The first kappa shape index (κ1) is 9.59. The number of nitrogens with zero attached hydrogens (tertiary/aromatic N) is 1. The van der Waals surface area contributed by atoms with Crippen molar-refractivity contribution in [3.63, 3.8) is 0 Å². The van der Waals surface area contributed by atoms with Crippen molar-refractivity contribution in [3.05, 3.63) is 35.6 Å². The zero-order valence-corrected chi connectivity index (χ0v) is 7.30.